The lowest BCUT2D eigenvalue weighted by Gasteiger charge is -2.27. The smallest absolute Gasteiger partial charge is 0.242 e. The maximum absolute atomic E-state index is 12.5. The van der Waals surface area contributed by atoms with Gasteiger partial charge in [0.2, 0.25) is 5.91 Å². The van der Waals surface area contributed by atoms with E-state index in [1.807, 2.05) is 24.3 Å². The van der Waals surface area contributed by atoms with Gasteiger partial charge in [0.1, 0.15) is 6.04 Å². The van der Waals surface area contributed by atoms with Crippen LogP contribution in [0.15, 0.2) is 24.3 Å². The standard InChI is InChI=1S/C17H23ClN2O2/c18-14-3-5-15(6-4-14)20-9-1-2-16(20)17(21)19-12-13-7-10-22-11-8-13/h3-6,13,16H,1-2,7-12H2,(H,19,21)/t16-/m0/s1. The molecule has 5 heteroatoms. The van der Waals surface area contributed by atoms with Gasteiger partial charge in [-0.25, -0.2) is 0 Å². The maximum Gasteiger partial charge on any atom is 0.242 e. The van der Waals surface area contributed by atoms with E-state index in [1.54, 1.807) is 0 Å². The van der Waals surface area contributed by atoms with Gasteiger partial charge in [-0.1, -0.05) is 11.6 Å². The molecule has 120 valence electrons. The lowest BCUT2D eigenvalue weighted by molar-refractivity contribution is -0.122. The van der Waals surface area contributed by atoms with Gasteiger partial charge in [-0.2, -0.15) is 0 Å². The molecule has 3 rings (SSSR count). The number of rotatable bonds is 4. The predicted molar refractivity (Wildman–Crippen MR) is 88.4 cm³/mol. The molecule has 2 saturated heterocycles. The van der Waals surface area contributed by atoms with Crippen LogP contribution in [0, 0.1) is 5.92 Å². The highest BCUT2D eigenvalue weighted by molar-refractivity contribution is 6.30. The second kappa shape index (κ2) is 7.34. The number of benzene rings is 1. The normalized spacial score (nSPS) is 22.8. The summed E-state index contributed by atoms with van der Waals surface area (Å²) in [6.07, 6.45) is 4.07. The molecule has 1 aromatic rings. The monoisotopic (exact) mass is 322 g/mol. The fourth-order valence-electron chi connectivity index (χ4n) is 3.29. The summed E-state index contributed by atoms with van der Waals surface area (Å²) in [7, 11) is 0. The van der Waals surface area contributed by atoms with E-state index in [1.165, 1.54) is 0 Å². The second-order valence-corrected chi connectivity index (χ2v) is 6.57. The Kier molecular flexibility index (Phi) is 5.21. The minimum atomic E-state index is -0.0546. The van der Waals surface area contributed by atoms with Crippen LogP contribution >= 0.6 is 11.6 Å². The Morgan fingerprint density at radius 1 is 1.23 bits per heavy atom. The van der Waals surface area contributed by atoms with Crippen molar-refractivity contribution in [2.24, 2.45) is 5.92 Å². The summed E-state index contributed by atoms with van der Waals surface area (Å²) >= 11 is 5.95. The summed E-state index contributed by atoms with van der Waals surface area (Å²) in [5, 5.41) is 3.87. The van der Waals surface area contributed by atoms with E-state index >= 15 is 0 Å². The first-order valence-corrected chi connectivity index (χ1v) is 8.49. The van der Waals surface area contributed by atoms with Gasteiger partial charge < -0.3 is 15.0 Å². The molecule has 0 spiro atoms. The van der Waals surface area contributed by atoms with Gasteiger partial charge in [-0.3, -0.25) is 4.79 Å². The fraction of sp³-hybridized carbons (Fsp3) is 0.588. The molecule has 0 aromatic heterocycles. The van der Waals surface area contributed by atoms with Crippen LogP contribution in [0.2, 0.25) is 5.02 Å². The first-order valence-electron chi connectivity index (χ1n) is 8.12. The molecule has 0 aliphatic carbocycles. The van der Waals surface area contributed by atoms with Crippen molar-refractivity contribution >= 4 is 23.2 Å². The first kappa shape index (κ1) is 15.6. The Morgan fingerprint density at radius 2 is 1.95 bits per heavy atom. The third kappa shape index (κ3) is 3.73. The van der Waals surface area contributed by atoms with Crippen molar-refractivity contribution < 1.29 is 9.53 Å². The van der Waals surface area contributed by atoms with Crippen LogP contribution in [0.25, 0.3) is 0 Å². The van der Waals surface area contributed by atoms with E-state index in [0.717, 1.165) is 62.7 Å². The second-order valence-electron chi connectivity index (χ2n) is 6.13. The average molecular weight is 323 g/mol. The lowest BCUT2D eigenvalue weighted by Crippen LogP contribution is -2.45. The quantitative estimate of drug-likeness (QED) is 0.926. The van der Waals surface area contributed by atoms with E-state index in [0.29, 0.717) is 5.92 Å². The Hall–Kier alpha value is -1.26. The highest BCUT2D eigenvalue weighted by Gasteiger charge is 2.31. The van der Waals surface area contributed by atoms with Gasteiger partial charge in [-0.15, -0.1) is 0 Å². The average Bonchev–Trinajstić information content (AvgIpc) is 3.04. The molecule has 1 N–H and O–H groups in total. The SMILES string of the molecule is O=C(NCC1CCOCC1)[C@@H]1CCCN1c1ccc(Cl)cc1. The van der Waals surface area contributed by atoms with Crippen molar-refractivity contribution in [2.75, 3.05) is 31.2 Å². The van der Waals surface area contributed by atoms with Crippen LogP contribution in [-0.4, -0.2) is 38.3 Å². The number of hydrogen-bond acceptors (Lipinski definition) is 3. The molecule has 0 saturated carbocycles. The molecule has 1 amide bonds. The summed E-state index contributed by atoms with van der Waals surface area (Å²) in [5.74, 6) is 0.710. The minimum absolute atomic E-state index is 0.0546. The van der Waals surface area contributed by atoms with Crippen molar-refractivity contribution in [2.45, 2.75) is 31.7 Å². The van der Waals surface area contributed by atoms with E-state index in [4.69, 9.17) is 16.3 Å². The Bertz CT molecular complexity index is 500. The molecule has 1 atom stereocenters. The molecule has 2 heterocycles. The van der Waals surface area contributed by atoms with Gasteiger partial charge >= 0.3 is 0 Å². The number of ether oxygens (including phenoxy) is 1. The van der Waals surface area contributed by atoms with Crippen LogP contribution in [0.3, 0.4) is 0 Å². The van der Waals surface area contributed by atoms with E-state index in [9.17, 15) is 4.79 Å². The molecule has 4 nitrogen and oxygen atoms in total. The third-order valence-electron chi connectivity index (χ3n) is 4.62. The molecular weight excluding hydrogens is 300 g/mol. The molecule has 2 aliphatic heterocycles. The zero-order valence-corrected chi connectivity index (χ0v) is 13.5. The van der Waals surface area contributed by atoms with E-state index in [-0.39, 0.29) is 11.9 Å². The number of anilines is 1. The van der Waals surface area contributed by atoms with E-state index in [2.05, 4.69) is 10.2 Å². The highest BCUT2D eigenvalue weighted by Crippen LogP contribution is 2.27. The Labute approximate surface area is 136 Å². The molecule has 22 heavy (non-hydrogen) atoms. The predicted octanol–water partition coefficient (Wildman–Crippen LogP) is 2.85. The minimum Gasteiger partial charge on any atom is -0.381 e. The Balaban J connectivity index is 1.57. The van der Waals surface area contributed by atoms with Gasteiger partial charge in [0.25, 0.3) is 0 Å². The first-order chi connectivity index (χ1) is 10.7. The van der Waals surface area contributed by atoms with Crippen molar-refractivity contribution in [3.63, 3.8) is 0 Å². The lowest BCUT2D eigenvalue weighted by atomic mass is 10.0. The number of amides is 1. The molecule has 0 unspecified atom stereocenters. The zero-order valence-electron chi connectivity index (χ0n) is 12.8. The summed E-state index contributed by atoms with van der Waals surface area (Å²) in [5.41, 5.74) is 1.08. The van der Waals surface area contributed by atoms with Crippen molar-refractivity contribution in [3.8, 4) is 0 Å². The van der Waals surface area contributed by atoms with Crippen LogP contribution in [0.4, 0.5) is 5.69 Å². The topological polar surface area (TPSA) is 41.6 Å². The number of nitrogens with zero attached hydrogens (tertiary/aromatic N) is 1. The van der Waals surface area contributed by atoms with Gasteiger partial charge in [-0.05, 0) is 55.9 Å². The molecule has 1 aromatic carbocycles. The summed E-state index contributed by atoms with van der Waals surface area (Å²) in [4.78, 5) is 14.7. The summed E-state index contributed by atoms with van der Waals surface area (Å²) in [6.45, 7) is 3.34. The molecule has 2 aliphatic rings. The zero-order chi connectivity index (χ0) is 15.4. The van der Waals surface area contributed by atoms with Crippen molar-refractivity contribution in [1.29, 1.82) is 0 Å². The number of carbonyl (C=O) groups excluding carboxylic acids is 1. The van der Waals surface area contributed by atoms with Crippen LogP contribution in [0.5, 0.6) is 0 Å². The highest BCUT2D eigenvalue weighted by atomic mass is 35.5. The third-order valence-corrected chi connectivity index (χ3v) is 4.87. The van der Waals surface area contributed by atoms with Crippen LogP contribution in [-0.2, 0) is 9.53 Å². The molecule has 0 bridgehead atoms. The number of halogens is 1. The van der Waals surface area contributed by atoms with E-state index < -0.39 is 0 Å². The summed E-state index contributed by atoms with van der Waals surface area (Å²) < 4.78 is 5.36. The van der Waals surface area contributed by atoms with Gasteiger partial charge in [0.15, 0.2) is 0 Å². The summed E-state index contributed by atoms with van der Waals surface area (Å²) in [6, 6.07) is 7.69. The Morgan fingerprint density at radius 3 is 2.68 bits per heavy atom. The molecule has 2 fully saturated rings. The fourth-order valence-corrected chi connectivity index (χ4v) is 3.42. The van der Waals surface area contributed by atoms with Gasteiger partial charge in [0.05, 0.1) is 0 Å². The number of carbonyl (C=O) groups is 1. The number of nitrogens with one attached hydrogen (secondary N) is 1. The largest absolute Gasteiger partial charge is 0.381 e. The van der Waals surface area contributed by atoms with Crippen LogP contribution in [0.1, 0.15) is 25.7 Å². The molecule has 0 radical (unpaired) electrons. The van der Waals surface area contributed by atoms with Crippen molar-refractivity contribution in [1.82, 2.24) is 5.32 Å². The van der Waals surface area contributed by atoms with Crippen molar-refractivity contribution in [3.05, 3.63) is 29.3 Å². The van der Waals surface area contributed by atoms with Crippen LogP contribution < -0.4 is 10.2 Å². The van der Waals surface area contributed by atoms with Gasteiger partial charge in [0, 0.05) is 37.0 Å². The maximum atomic E-state index is 12.5. The molecular formula is C17H23ClN2O2. The number of hydrogen-bond donors (Lipinski definition) is 1.